The van der Waals surface area contributed by atoms with Gasteiger partial charge in [-0.2, -0.15) is 0 Å². The molecule has 1 aromatic rings. The predicted octanol–water partition coefficient (Wildman–Crippen LogP) is 1.12. The smallest absolute Gasteiger partial charge is 0.103 e. The van der Waals surface area contributed by atoms with E-state index in [0.29, 0.717) is 4.99 Å². The quantitative estimate of drug-likeness (QED) is 0.585. The molecule has 9 heavy (non-hydrogen) atoms. The molecule has 0 amide bonds. The number of thiocarbonyl (C=S) groups is 1. The summed E-state index contributed by atoms with van der Waals surface area (Å²) in [6.07, 6.45) is 0. The first-order chi connectivity index (χ1) is 4.30. The van der Waals surface area contributed by atoms with Crippen LogP contribution in [0.4, 0.5) is 0 Å². The van der Waals surface area contributed by atoms with E-state index in [1.165, 1.54) is 0 Å². The highest BCUT2D eigenvalue weighted by molar-refractivity contribution is 7.80. The average molecular weight is 136 g/mol. The molecular formula is C7H6NS. The number of hydrogen-bond donors (Lipinski definition) is 1. The van der Waals surface area contributed by atoms with Gasteiger partial charge in [-0.3, -0.25) is 0 Å². The molecule has 0 atom stereocenters. The van der Waals surface area contributed by atoms with Gasteiger partial charge in [0.05, 0.1) is 0 Å². The zero-order valence-electron chi connectivity index (χ0n) is 4.79. The first kappa shape index (κ1) is 6.23. The van der Waals surface area contributed by atoms with Crippen LogP contribution >= 0.6 is 12.2 Å². The van der Waals surface area contributed by atoms with E-state index in [1.54, 1.807) is 12.1 Å². The number of hydrogen-bond acceptors (Lipinski definition) is 1. The third-order valence-corrected chi connectivity index (χ3v) is 1.24. The minimum absolute atomic E-state index is 0.434. The lowest BCUT2D eigenvalue weighted by Gasteiger charge is -1.92. The van der Waals surface area contributed by atoms with Crippen molar-refractivity contribution in [3.05, 3.63) is 35.9 Å². The van der Waals surface area contributed by atoms with Crippen LogP contribution in [0.1, 0.15) is 5.56 Å². The normalized spacial score (nSPS) is 8.89. The van der Waals surface area contributed by atoms with Crippen molar-refractivity contribution in [3.63, 3.8) is 0 Å². The fraction of sp³-hybridized carbons (Fsp3) is 0. The molecule has 2 heteroatoms. The molecule has 2 N–H and O–H groups in total. The van der Waals surface area contributed by atoms with Crippen molar-refractivity contribution in [3.8, 4) is 0 Å². The van der Waals surface area contributed by atoms with Gasteiger partial charge >= 0.3 is 0 Å². The maximum atomic E-state index is 5.33. The lowest BCUT2D eigenvalue weighted by Crippen LogP contribution is -2.08. The summed E-state index contributed by atoms with van der Waals surface area (Å²) in [6.45, 7) is 0. The van der Waals surface area contributed by atoms with E-state index in [-0.39, 0.29) is 0 Å². The van der Waals surface area contributed by atoms with Crippen LogP contribution in [0.15, 0.2) is 24.3 Å². The van der Waals surface area contributed by atoms with Crippen LogP contribution in [-0.4, -0.2) is 4.99 Å². The number of benzene rings is 1. The van der Waals surface area contributed by atoms with E-state index in [9.17, 15) is 0 Å². The molecule has 0 saturated heterocycles. The maximum absolute atomic E-state index is 5.33. The highest BCUT2D eigenvalue weighted by Crippen LogP contribution is 1.95. The molecule has 0 saturated carbocycles. The van der Waals surface area contributed by atoms with Crippen LogP contribution in [-0.2, 0) is 0 Å². The predicted molar refractivity (Wildman–Crippen MR) is 41.2 cm³/mol. The second kappa shape index (κ2) is 2.60. The monoisotopic (exact) mass is 136 g/mol. The van der Waals surface area contributed by atoms with Crippen molar-refractivity contribution in [1.29, 1.82) is 0 Å². The van der Waals surface area contributed by atoms with E-state index in [4.69, 9.17) is 18.0 Å². The van der Waals surface area contributed by atoms with Crippen LogP contribution < -0.4 is 5.73 Å². The van der Waals surface area contributed by atoms with E-state index in [2.05, 4.69) is 6.07 Å². The SMILES string of the molecule is NC(=S)c1cc[c]cc1. The first-order valence-electron chi connectivity index (χ1n) is 2.56. The maximum Gasteiger partial charge on any atom is 0.103 e. The lowest BCUT2D eigenvalue weighted by atomic mass is 10.2. The van der Waals surface area contributed by atoms with E-state index < -0.39 is 0 Å². The summed E-state index contributed by atoms with van der Waals surface area (Å²) in [5, 5.41) is 0. The fourth-order valence-corrected chi connectivity index (χ4v) is 0.687. The first-order valence-corrected chi connectivity index (χ1v) is 2.97. The Morgan fingerprint density at radius 3 is 2.33 bits per heavy atom. The van der Waals surface area contributed by atoms with Crippen LogP contribution in [0.25, 0.3) is 0 Å². The molecule has 1 aromatic carbocycles. The Bertz CT molecular complexity index is 205. The third kappa shape index (κ3) is 1.50. The molecule has 1 radical (unpaired) electrons. The highest BCUT2D eigenvalue weighted by Gasteiger charge is 1.89. The fourth-order valence-electron chi connectivity index (χ4n) is 0.551. The van der Waals surface area contributed by atoms with Gasteiger partial charge in [0, 0.05) is 5.56 Å². The van der Waals surface area contributed by atoms with Gasteiger partial charge in [0.15, 0.2) is 0 Å². The Hall–Kier alpha value is -0.890. The van der Waals surface area contributed by atoms with Crippen LogP contribution in [0.2, 0.25) is 0 Å². The van der Waals surface area contributed by atoms with E-state index in [0.717, 1.165) is 5.56 Å². The van der Waals surface area contributed by atoms with Crippen molar-refractivity contribution < 1.29 is 0 Å². The molecule has 0 fully saturated rings. The zero-order valence-corrected chi connectivity index (χ0v) is 5.61. The molecule has 0 aromatic heterocycles. The number of rotatable bonds is 1. The van der Waals surface area contributed by atoms with Gasteiger partial charge in [0.1, 0.15) is 4.99 Å². The van der Waals surface area contributed by atoms with Gasteiger partial charge < -0.3 is 5.73 Å². The van der Waals surface area contributed by atoms with Crippen LogP contribution in [0, 0.1) is 6.07 Å². The largest absolute Gasteiger partial charge is 0.389 e. The summed E-state index contributed by atoms with van der Waals surface area (Å²) in [4.78, 5) is 0.434. The Labute approximate surface area is 59.5 Å². The molecule has 0 aliphatic heterocycles. The number of nitrogens with two attached hydrogens (primary N) is 1. The highest BCUT2D eigenvalue weighted by atomic mass is 32.1. The summed E-state index contributed by atoms with van der Waals surface area (Å²) >= 11 is 4.73. The summed E-state index contributed by atoms with van der Waals surface area (Å²) < 4.78 is 0. The van der Waals surface area contributed by atoms with Crippen molar-refractivity contribution in [2.75, 3.05) is 0 Å². The van der Waals surface area contributed by atoms with Gasteiger partial charge in [-0.1, -0.05) is 36.5 Å². The Morgan fingerprint density at radius 1 is 1.44 bits per heavy atom. The summed E-state index contributed by atoms with van der Waals surface area (Å²) in [6, 6.07) is 10.1. The summed E-state index contributed by atoms with van der Waals surface area (Å²) in [5.41, 5.74) is 6.22. The summed E-state index contributed by atoms with van der Waals surface area (Å²) in [5.74, 6) is 0. The van der Waals surface area contributed by atoms with E-state index >= 15 is 0 Å². The van der Waals surface area contributed by atoms with Crippen molar-refractivity contribution in [2.45, 2.75) is 0 Å². The summed E-state index contributed by atoms with van der Waals surface area (Å²) in [7, 11) is 0. The molecule has 45 valence electrons. The van der Waals surface area contributed by atoms with Crippen molar-refractivity contribution >= 4 is 17.2 Å². The van der Waals surface area contributed by atoms with Crippen molar-refractivity contribution in [1.82, 2.24) is 0 Å². The third-order valence-electron chi connectivity index (χ3n) is 1.00. The molecule has 0 aliphatic carbocycles. The van der Waals surface area contributed by atoms with Gasteiger partial charge in [0.25, 0.3) is 0 Å². The van der Waals surface area contributed by atoms with Crippen molar-refractivity contribution in [2.24, 2.45) is 5.73 Å². The molecular weight excluding hydrogens is 130 g/mol. The zero-order chi connectivity index (χ0) is 6.69. The Kier molecular flexibility index (Phi) is 1.80. The van der Waals surface area contributed by atoms with Gasteiger partial charge in [0.2, 0.25) is 0 Å². The molecule has 0 heterocycles. The van der Waals surface area contributed by atoms with Gasteiger partial charge in [-0.25, -0.2) is 0 Å². The minimum atomic E-state index is 0.434. The molecule has 0 bridgehead atoms. The topological polar surface area (TPSA) is 26.0 Å². The van der Waals surface area contributed by atoms with Gasteiger partial charge in [-0.15, -0.1) is 0 Å². The second-order valence-corrected chi connectivity index (χ2v) is 2.09. The van der Waals surface area contributed by atoms with E-state index in [1.807, 2.05) is 12.1 Å². The molecule has 1 rings (SSSR count). The molecule has 0 spiro atoms. The minimum Gasteiger partial charge on any atom is -0.389 e. The van der Waals surface area contributed by atoms with Crippen LogP contribution in [0.5, 0.6) is 0 Å². The molecule has 0 aliphatic rings. The second-order valence-electron chi connectivity index (χ2n) is 1.65. The average Bonchev–Trinajstić information content (AvgIpc) is 1.90. The lowest BCUT2D eigenvalue weighted by molar-refractivity contribution is 1.62. The van der Waals surface area contributed by atoms with Gasteiger partial charge in [-0.05, 0) is 6.07 Å². The molecule has 0 unspecified atom stereocenters. The Balaban J connectivity index is 2.98. The van der Waals surface area contributed by atoms with Crippen LogP contribution in [0.3, 0.4) is 0 Å². The standard InChI is InChI=1S/C7H6NS/c8-7(9)6-4-2-1-3-5-6/h2-5H,(H2,8,9). The Morgan fingerprint density at radius 2 is 2.00 bits per heavy atom. The molecule has 1 nitrogen and oxygen atoms in total.